The number of benzene rings is 2. The second-order valence-electron chi connectivity index (χ2n) is 9.01. The average Bonchev–Trinajstić information content (AvgIpc) is 3.26. The number of carbonyl (C=O) groups excluding carboxylic acids is 1. The van der Waals surface area contributed by atoms with E-state index in [1.54, 1.807) is 14.0 Å². The van der Waals surface area contributed by atoms with Gasteiger partial charge in [0.25, 0.3) is 0 Å². The molecule has 1 atom stereocenters. The summed E-state index contributed by atoms with van der Waals surface area (Å²) in [5.41, 5.74) is 3.95. The number of para-hydroxylation sites is 1. The Bertz CT molecular complexity index is 1300. The minimum Gasteiger partial charge on any atom is -0.494 e. The zero-order valence-electron chi connectivity index (χ0n) is 20.3. The molecule has 1 fully saturated rings. The predicted molar refractivity (Wildman–Crippen MR) is 138 cm³/mol. The van der Waals surface area contributed by atoms with E-state index in [1.807, 2.05) is 65.6 Å². The van der Waals surface area contributed by atoms with Crippen molar-refractivity contribution in [1.82, 2.24) is 19.7 Å². The quantitative estimate of drug-likeness (QED) is 0.392. The fraction of sp³-hybridized carbons (Fsp3) is 0.321. The van der Waals surface area contributed by atoms with Crippen molar-refractivity contribution in [2.75, 3.05) is 38.2 Å². The number of hydrogen-bond donors (Lipinski definition) is 0. The van der Waals surface area contributed by atoms with E-state index < -0.39 is 0 Å². The highest BCUT2D eigenvalue weighted by atomic mass is 16.5. The SMILES string of the molecule is COc1ccc2cccnc2c1N1CCCN(C(CC(C)=O)c2ccn(-c3ccccc3)n2)CC1. The first-order chi connectivity index (χ1) is 17.1. The second-order valence-corrected chi connectivity index (χ2v) is 9.01. The minimum atomic E-state index is -0.0510. The fourth-order valence-corrected chi connectivity index (χ4v) is 4.99. The van der Waals surface area contributed by atoms with Crippen molar-refractivity contribution in [2.45, 2.75) is 25.8 Å². The number of carbonyl (C=O) groups is 1. The molecule has 5 rings (SSSR count). The van der Waals surface area contributed by atoms with Crippen LogP contribution in [0.25, 0.3) is 16.6 Å². The van der Waals surface area contributed by atoms with Crippen LogP contribution in [0.5, 0.6) is 5.75 Å². The van der Waals surface area contributed by atoms with Gasteiger partial charge in [-0.05, 0) is 49.7 Å². The van der Waals surface area contributed by atoms with Crippen molar-refractivity contribution < 1.29 is 9.53 Å². The van der Waals surface area contributed by atoms with Crippen LogP contribution >= 0.6 is 0 Å². The molecule has 3 heterocycles. The molecule has 1 unspecified atom stereocenters. The van der Waals surface area contributed by atoms with E-state index in [9.17, 15) is 4.79 Å². The lowest BCUT2D eigenvalue weighted by Gasteiger charge is -2.29. The number of Topliss-reactive ketones (excluding diaryl/α,β-unsaturated/α-hetero) is 1. The van der Waals surface area contributed by atoms with Gasteiger partial charge in [-0.15, -0.1) is 0 Å². The summed E-state index contributed by atoms with van der Waals surface area (Å²) in [6.45, 7) is 5.10. The van der Waals surface area contributed by atoms with Gasteiger partial charge >= 0.3 is 0 Å². The van der Waals surface area contributed by atoms with Crippen molar-refractivity contribution in [1.29, 1.82) is 0 Å². The van der Waals surface area contributed by atoms with Crippen LogP contribution in [0.3, 0.4) is 0 Å². The Morgan fingerprint density at radius 2 is 1.86 bits per heavy atom. The number of nitrogens with zero attached hydrogens (tertiary/aromatic N) is 5. The van der Waals surface area contributed by atoms with E-state index in [0.29, 0.717) is 6.42 Å². The third-order valence-corrected chi connectivity index (χ3v) is 6.67. The lowest BCUT2D eigenvalue weighted by atomic mass is 10.1. The number of anilines is 1. The summed E-state index contributed by atoms with van der Waals surface area (Å²) in [4.78, 5) is 21.7. The Hall–Kier alpha value is -3.71. The van der Waals surface area contributed by atoms with Crippen LogP contribution < -0.4 is 9.64 Å². The molecule has 0 amide bonds. The van der Waals surface area contributed by atoms with Gasteiger partial charge in [0.15, 0.2) is 0 Å². The van der Waals surface area contributed by atoms with Gasteiger partial charge in [0, 0.05) is 50.4 Å². The molecule has 0 radical (unpaired) electrons. The van der Waals surface area contributed by atoms with Gasteiger partial charge in [-0.25, -0.2) is 4.68 Å². The van der Waals surface area contributed by atoms with Gasteiger partial charge in [0.1, 0.15) is 17.2 Å². The van der Waals surface area contributed by atoms with E-state index in [1.165, 1.54) is 0 Å². The van der Waals surface area contributed by atoms with E-state index in [4.69, 9.17) is 9.84 Å². The van der Waals surface area contributed by atoms with E-state index in [0.717, 1.165) is 66.3 Å². The molecular weight excluding hydrogens is 438 g/mol. The number of ether oxygens (including phenoxy) is 1. The largest absolute Gasteiger partial charge is 0.494 e. The number of ketones is 1. The third-order valence-electron chi connectivity index (χ3n) is 6.67. The van der Waals surface area contributed by atoms with Crippen LogP contribution in [0.4, 0.5) is 5.69 Å². The van der Waals surface area contributed by atoms with Crippen LogP contribution in [0.1, 0.15) is 31.5 Å². The van der Waals surface area contributed by atoms with Gasteiger partial charge in [-0.1, -0.05) is 24.3 Å². The summed E-state index contributed by atoms with van der Waals surface area (Å²) >= 11 is 0. The summed E-state index contributed by atoms with van der Waals surface area (Å²) in [5.74, 6) is 1.01. The Balaban J connectivity index is 1.41. The van der Waals surface area contributed by atoms with Crippen molar-refractivity contribution in [2.24, 2.45) is 0 Å². The molecule has 2 aromatic heterocycles. The molecule has 0 N–H and O–H groups in total. The lowest BCUT2D eigenvalue weighted by molar-refractivity contribution is -0.118. The number of aromatic nitrogens is 3. The third kappa shape index (κ3) is 4.91. The molecule has 180 valence electrons. The highest BCUT2D eigenvalue weighted by Crippen LogP contribution is 2.36. The molecule has 7 heteroatoms. The maximum absolute atomic E-state index is 12.3. The van der Waals surface area contributed by atoms with Crippen molar-refractivity contribution in [3.8, 4) is 11.4 Å². The first-order valence-electron chi connectivity index (χ1n) is 12.1. The van der Waals surface area contributed by atoms with E-state index >= 15 is 0 Å². The molecule has 1 saturated heterocycles. The molecule has 35 heavy (non-hydrogen) atoms. The zero-order valence-corrected chi connectivity index (χ0v) is 20.3. The van der Waals surface area contributed by atoms with Crippen molar-refractivity contribution in [3.05, 3.63) is 78.8 Å². The molecule has 0 spiro atoms. The predicted octanol–water partition coefficient (Wildman–Crippen LogP) is 4.66. The van der Waals surface area contributed by atoms with Crippen molar-refractivity contribution in [3.63, 3.8) is 0 Å². The van der Waals surface area contributed by atoms with Crippen LogP contribution in [0, 0.1) is 0 Å². The maximum atomic E-state index is 12.3. The molecule has 7 nitrogen and oxygen atoms in total. The topological polar surface area (TPSA) is 63.5 Å². The molecule has 2 aromatic carbocycles. The normalized spacial score (nSPS) is 15.7. The highest BCUT2D eigenvalue weighted by molar-refractivity contribution is 5.94. The number of rotatable bonds is 7. The number of pyridine rings is 1. The summed E-state index contributed by atoms with van der Waals surface area (Å²) in [7, 11) is 1.71. The van der Waals surface area contributed by atoms with Crippen LogP contribution in [-0.2, 0) is 4.79 Å². The van der Waals surface area contributed by atoms with Crippen LogP contribution in [0.2, 0.25) is 0 Å². The Morgan fingerprint density at radius 1 is 1.00 bits per heavy atom. The van der Waals surface area contributed by atoms with Crippen LogP contribution in [-0.4, -0.2) is 58.7 Å². The van der Waals surface area contributed by atoms with Gasteiger partial charge in [0.2, 0.25) is 0 Å². The molecule has 0 saturated carbocycles. The molecule has 1 aliphatic heterocycles. The average molecular weight is 470 g/mol. The summed E-state index contributed by atoms with van der Waals surface area (Å²) < 4.78 is 7.62. The molecule has 0 aliphatic carbocycles. The van der Waals surface area contributed by atoms with Gasteiger partial charge < -0.3 is 9.64 Å². The molecule has 0 bridgehead atoms. The molecule has 4 aromatic rings. The Labute approximate surface area is 205 Å². The summed E-state index contributed by atoms with van der Waals surface area (Å²) in [5, 5.41) is 5.97. The summed E-state index contributed by atoms with van der Waals surface area (Å²) in [6, 6.07) is 20.2. The number of hydrogen-bond acceptors (Lipinski definition) is 6. The van der Waals surface area contributed by atoms with Crippen LogP contribution in [0.15, 0.2) is 73.1 Å². The lowest BCUT2D eigenvalue weighted by Crippen LogP contribution is -2.35. The van der Waals surface area contributed by atoms with Gasteiger partial charge in [0.05, 0.1) is 30.0 Å². The van der Waals surface area contributed by atoms with Gasteiger partial charge in [-0.2, -0.15) is 5.10 Å². The molecular formula is C28H31N5O2. The first kappa shape index (κ1) is 23.1. The van der Waals surface area contributed by atoms with Gasteiger partial charge in [-0.3, -0.25) is 14.7 Å². The first-order valence-corrected chi connectivity index (χ1v) is 12.1. The number of methoxy groups -OCH3 is 1. The monoisotopic (exact) mass is 469 g/mol. The van der Waals surface area contributed by atoms with E-state index in [-0.39, 0.29) is 11.8 Å². The zero-order chi connectivity index (χ0) is 24.2. The standard InChI is InChI=1S/C28H31N5O2/c1-21(34)20-25(24-13-17-33(30-24)23-9-4-3-5-10-23)31-15-7-16-32(19-18-31)28-26(35-2)12-11-22-8-6-14-29-27(22)28/h3-6,8-14,17,25H,7,15-16,18-20H2,1-2H3. The Kier molecular flexibility index (Phi) is 6.77. The second kappa shape index (κ2) is 10.3. The Morgan fingerprint density at radius 3 is 2.66 bits per heavy atom. The van der Waals surface area contributed by atoms with E-state index in [2.05, 4.69) is 26.9 Å². The minimum absolute atomic E-state index is 0.0510. The molecule has 1 aliphatic rings. The maximum Gasteiger partial charge on any atom is 0.144 e. The fourth-order valence-electron chi connectivity index (χ4n) is 4.99. The number of fused-ring (bicyclic) bond motifs is 1. The summed E-state index contributed by atoms with van der Waals surface area (Å²) in [6.07, 6.45) is 5.24. The smallest absolute Gasteiger partial charge is 0.144 e. The highest BCUT2D eigenvalue weighted by Gasteiger charge is 2.28. The van der Waals surface area contributed by atoms with Crippen molar-refractivity contribution >= 4 is 22.4 Å².